The maximum atomic E-state index is 14.4. The zero-order valence-corrected chi connectivity index (χ0v) is 18.6. The number of carbonyl (C=O) groups excluding carboxylic acids is 2. The molecule has 2 aliphatic rings. The van der Waals surface area contributed by atoms with Crippen molar-refractivity contribution in [3.05, 3.63) is 95.1 Å². The summed E-state index contributed by atoms with van der Waals surface area (Å²) in [7, 11) is 1.55. The van der Waals surface area contributed by atoms with Crippen LogP contribution in [0.15, 0.2) is 66.7 Å². The number of halogens is 2. The van der Waals surface area contributed by atoms with Gasteiger partial charge >= 0.3 is 0 Å². The van der Waals surface area contributed by atoms with Crippen LogP contribution in [0.4, 0.5) is 14.5 Å². The van der Waals surface area contributed by atoms with E-state index >= 15 is 0 Å². The maximum absolute atomic E-state index is 14.4. The summed E-state index contributed by atoms with van der Waals surface area (Å²) in [4.78, 5) is 29.1. The minimum absolute atomic E-state index is 0.186. The fourth-order valence-corrected chi connectivity index (χ4v) is 5.92. The number of hydrogen-bond donors (Lipinski definition) is 0. The lowest BCUT2D eigenvalue weighted by atomic mass is 10.0. The van der Waals surface area contributed by atoms with E-state index in [1.165, 1.54) is 34.9 Å². The third kappa shape index (κ3) is 3.28. The van der Waals surface area contributed by atoms with Crippen LogP contribution in [-0.4, -0.2) is 36.1 Å². The van der Waals surface area contributed by atoms with Gasteiger partial charge in [-0.2, -0.15) is 0 Å². The number of fused-ring (bicyclic) bond motifs is 2. The fourth-order valence-electron chi connectivity index (χ4n) is 4.46. The number of nitrogens with zero attached hydrogens (tertiary/aromatic N) is 2. The Morgan fingerprint density at radius 1 is 1.03 bits per heavy atom. The SMILES string of the molecule is COc1ccc(C(=O)N2CCS[C@]23C(=O)N(Cc2c(F)cccc2F)c2ccccc23)cc1. The first-order chi connectivity index (χ1) is 16.0. The van der Waals surface area contributed by atoms with E-state index in [4.69, 9.17) is 4.74 Å². The Hall–Kier alpha value is -3.39. The second-order valence-corrected chi connectivity index (χ2v) is 9.07. The predicted molar refractivity (Wildman–Crippen MR) is 122 cm³/mol. The van der Waals surface area contributed by atoms with Crippen molar-refractivity contribution < 1.29 is 23.1 Å². The summed E-state index contributed by atoms with van der Waals surface area (Å²) < 4.78 is 34.0. The lowest BCUT2D eigenvalue weighted by molar-refractivity contribution is -0.123. The summed E-state index contributed by atoms with van der Waals surface area (Å²) in [5.74, 6) is -0.917. The molecule has 2 amide bonds. The smallest absolute Gasteiger partial charge is 0.268 e. The largest absolute Gasteiger partial charge is 0.497 e. The average Bonchev–Trinajstić information content (AvgIpc) is 3.38. The molecule has 0 bridgehead atoms. The van der Waals surface area contributed by atoms with Crippen molar-refractivity contribution in [2.24, 2.45) is 0 Å². The molecule has 1 atom stereocenters. The van der Waals surface area contributed by atoms with Crippen molar-refractivity contribution in [3.63, 3.8) is 0 Å². The number of anilines is 1. The van der Waals surface area contributed by atoms with Crippen LogP contribution >= 0.6 is 11.8 Å². The van der Waals surface area contributed by atoms with Gasteiger partial charge < -0.3 is 14.5 Å². The highest BCUT2D eigenvalue weighted by molar-refractivity contribution is 8.01. The molecule has 168 valence electrons. The second-order valence-electron chi connectivity index (χ2n) is 7.79. The molecule has 3 aromatic rings. The zero-order valence-electron chi connectivity index (χ0n) is 17.8. The van der Waals surface area contributed by atoms with Crippen LogP contribution in [0.2, 0.25) is 0 Å². The number of amides is 2. The van der Waals surface area contributed by atoms with Gasteiger partial charge in [0.1, 0.15) is 17.4 Å². The molecule has 5 nitrogen and oxygen atoms in total. The minimum atomic E-state index is -1.28. The summed E-state index contributed by atoms with van der Waals surface area (Å²) in [6.45, 7) is 0.110. The van der Waals surface area contributed by atoms with Crippen LogP contribution in [0.25, 0.3) is 0 Å². The Kier molecular flexibility index (Phi) is 5.32. The highest BCUT2D eigenvalue weighted by Crippen LogP contribution is 2.54. The van der Waals surface area contributed by atoms with Gasteiger partial charge in [0.2, 0.25) is 0 Å². The van der Waals surface area contributed by atoms with Gasteiger partial charge in [0.25, 0.3) is 11.8 Å². The summed E-state index contributed by atoms with van der Waals surface area (Å²) in [5.41, 5.74) is 1.44. The Morgan fingerprint density at radius 3 is 2.42 bits per heavy atom. The Bertz CT molecular complexity index is 1230. The van der Waals surface area contributed by atoms with E-state index in [0.717, 1.165) is 0 Å². The van der Waals surface area contributed by atoms with Crippen LogP contribution < -0.4 is 9.64 Å². The van der Waals surface area contributed by atoms with Crippen LogP contribution in [0.5, 0.6) is 5.75 Å². The predicted octanol–water partition coefficient (Wildman–Crippen LogP) is 4.56. The highest BCUT2D eigenvalue weighted by Gasteiger charge is 2.59. The van der Waals surface area contributed by atoms with Crippen molar-refractivity contribution in [1.82, 2.24) is 4.90 Å². The number of para-hydroxylation sites is 1. The van der Waals surface area contributed by atoms with Gasteiger partial charge in [-0.3, -0.25) is 9.59 Å². The molecule has 8 heteroatoms. The number of thioether (sulfide) groups is 1. The maximum Gasteiger partial charge on any atom is 0.268 e. The number of rotatable bonds is 4. The first-order valence-corrected chi connectivity index (χ1v) is 11.4. The van der Waals surface area contributed by atoms with Gasteiger partial charge in [-0.05, 0) is 42.5 Å². The standard InChI is InChI=1S/C25H20F2N2O3S/c1-32-17-11-9-16(10-12-17)23(30)29-13-14-33-25(29)19-5-2-3-8-22(19)28(24(25)31)15-18-20(26)6-4-7-21(18)27/h2-12H,13-15H2,1H3/t25-/m1/s1. The van der Waals surface area contributed by atoms with E-state index in [9.17, 15) is 18.4 Å². The Balaban J connectivity index is 1.57. The lowest BCUT2D eigenvalue weighted by Gasteiger charge is -2.33. The van der Waals surface area contributed by atoms with Gasteiger partial charge in [0.05, 0.1) is 19.3 Å². The van der Waals surface area contributed by atoms with Gasteiger partial charge in [0.15, 0.2) is 4.87 Å². The van der Waals surface area contributed by atoms with Gasteiger partial charge in [-0.15, -0.1) is 11.8 Å². The third-order valence-electron chi connectivity index (χ3n) is 6.06. The molecular formula is C25H20F2N2O3S. The fraction of sp³-hybridized carbons (Fsp3) is 0.200. The first kappa shape index (κ1) is 21.5. The molecule has 0 aromatic heterocycles. The van der Waals surface area contributed by atoms with Gasteiger partial charge in [-0.25, -0.2) is 8.78 Å². The van der Waals surface area contributed by atoms with E-state index in [1.807, 2.05) is 0 Å². The van der Waals surface area contributed by atoms with Crippen LogP contribution in [0.1, 0.15) is 21.5 Å². The molecule has 0 aliphatic carbocycles. The molecule has 1 fully saturated rings. The van der Waals surface area contributed by atoms with Crippen LogP contribution in [0.3, 0.4) is 0 Å². The molecule has 5 rings (SSSR count). The van der Waals surface area contributed by atoms with Gasteiger partial charge in [-0.1, -0.05) is 24.3 Å². The highest BCUT2D eigenvalue weighted by atomic mass is 32.2. The molecule has 33 heavy (non-hydrogen) atoms. The molecule has 2 aliphatic heterocycles. The van der Waals surface area contributed by atoms with Crippen LogP contribution in [0, 0.1) is 11.6 Å². The number of benzene rings is 3. The zero-order chi connectivity index (χ0) is 23.2. The van der Waals surface area contributed by atoms with Crippen LogP contribution in [-0.2, 0) is 16.2 Å². The average molecular weight is 467 g/mol. The van der Waals surface area contributed by atoms with E-state index in [2.05, 4.69) is 0 Å². The van der Waals surface area contributed by atoms with E-state index in [-0.39, 0.29) is 23.9 Å². The van der Waals surface area contributed by atoms with Crippen molar-refractivity contribution in [3.8, 4) is 5.75 Å². The number of methoxy groups -OCH3 is 1. The first-order valence-electron chi connectivity index (χ1n) is 10.4. The molecule has 1 spiro atoms. The van der Waals surface area contributed by atoms with Crippen molar-refractivity contribution in [1.29, 1.82) is 0 Å². The monoisotopic (exact) mass is 466 g/mol. The van der Waals surface area contributed by atoms with E-state index in [0.29, 0.717) is 34.9 Å². The molecule has 3 aromatic carbocycles. The summed E-state index contributed by atoms with van der Waals surface area (Å²) in [6.07, 6.45) is 0. The Labute approximate surface area is 193 Å². The normalized spacial score (nSPS) is 19.3. The van der Waals surface area contributed by atoms with E-state index < -0.39 is 16.5 Å². The van der Waals surface area contributed by atoms with Crippen molar-refractivity contribution in [2.45, 2.75) is 11.4 Å². The number of carbonyl (C=O) groups is 2. The van der Waals surface area contributed by atoms with E-state index in [1.54, 1.807) is 60.5 Å². The van der Waals surface area contributed by atoms with Gasteiger partial charge in [0, 0.05) is 29.0 Å². The molecule has 0 unspecified atom stereocenters. The summed E-state index contributed by atoms with van der Waals surface area (Å²) in [6, 6.07) is 17.5. The minimum Gasteiger partial charge on any atom is -0.497 e. The molecular weight excluding hydrogens is 446 g/mol. The topological polar surface area (TPSA) is 49.9 Å². The Morgan fingerprint density at radius 2 is 1.73 bits per heavy atom. The second kappa shape index (κ2) is 8.19. The molecule has 1 saturated heterocycles. The quantitative estimate of drug-likeness (QED) is 0.566. The molecule has 0 saturated carbocycles. The summed E-state index contributed by atoms with van der Waals surface area (Å²) in [5, 5.41) is 0. The molecule has 0 N–H and O–H groups in total. The number of ether oxygens (including phenoxy) is 1. The molecule has 0 radical (unpaired) electrons. The van der Waals surface area contributed by atoms with Crippen molar-refractivity contribution in [2.75, 3.05) is 24.3 Å². The lowest BCUT2D eigenvalue weighted by Crippen LogP contribution is -2.50. The third-order valence-corrected chi connectivity index (χ3v) is 7.48. The molecule has 2 heterocycles. The van der Waals surface area contributed by atoms with Crippen molar-refractivity contribution >= 4 is 29.3 Å². The summed E-state index contributed by atoms with van der Waals surface area (Å²) >= 11 is 1.37. The number of hydrogen-bond acceptors (Lipinski definition) is 4.